The van der Waals surface area contributed by atoms with Gasteiger partial charge in [0.1, 0.15) is 0 Å². The lowest BCUT2D eigenvalue weighted by Gasteiger charge is -2.42. The summed E-state index contributed by atoms with van der Waals surface area (Å²) in [4.78, 5) is 17.5. The summed E-state index contributed by atoms with van der Waals surface area (Å²) >= 11 is 12.3. The van der Waals surface area contributed by atoms with Crippen LogP contribution in [0.4, 0.5) is 5.69 Å². The third-order valence-corrected chi connectivity index (χ3v) is 7.71. The highest BCUT2D eigenvalue weighted by Crippen LogP contribution is 2.25. The zero-order valence-corrected chi connectivity index (χ0v) is 21.1. The molecular formula is C26H34Cl2N4O. The van der Waals surface area contributed by atoms with Gasteiger partial charge < -0.3 is 10.6 Å². The molecule has 178 valence electrons. The number of para-hydroxylation sites is 1. The first-order valence-corrected chi connectivity index (χ1v) is 12.6. The van der Waals surface area contributed by atoms with Crippen LogP contribution in [0.5, 0.6) is 0 Å². The Balaban J connectivity index is 1.24. The molecule has 0 aromatic heterocycles. The zero-order chi connectivity index (χ0) is 23.4. The van der Waals surface area contributed by atoms with Crippen molar-refractivity contribution in [2.75, 3.05) is 44.6 Å². The molecule has 0 unspecified atom stereocenters. The molecule has 2 aromatic carbocycles. The van der Waals surface area contributed by atoms with Crippen LogP contribution < -0.4 is 10.6 Å². The van der Waals surface area contributed by atoms with Gasteiger partial charge >= 0.3 is 0 Å². The number of hydrogen-bond donors (Lipinski definition) is 2. The van der Waals surface area contributed by atoms with Gasteiger partial charge in [-0.25, -0.2) is 0 Å². The van der Waals surface area contributed by atoms with E-state index in [1.54, 1.807) is 0 Å². The highest BCUT2D eigenvalue weighted by Gasteiger charge is 2.29. The van der Waals surface area contributed by atoms with Gasteiger partial charge in [0.2, 0.25) is 5.91 Å². The second kappa shape index (κ2) is 11.2. The molecule has 0 radical (unpaired) electrons. The third kappa shape index (κ3) is 6.49. The van der Waals surface area contributed by atoms with E-state index in [-0.39, 0.29) is 5.91 Å². The Morgan fingerprint density at radius 2 is 1.79 bits per heavy atom. The Hall–Kier alpha value is -1.63. The van der Waals surface area contributed by atoms with Crippen LogP contribution in [0.2, 0.25) is 10.0 Å². The molecule has 0 aliphatic carbocycles. The fourth-order valence-electron chi connectivity index (χ4n) is 5.10. The Morgan fingerprint density at radius 3 is 2.48 bits per heavy atom. The number of halogens is 2. The van der Waals surface area contributed by atoms with Gasteiger partial charge in [0.15, 0.2) is 0 Å². The van der Waals surface area contributed by atoms with Gasteiger partial charge in [-0.15, -0.1) is 0 Å². The van der Waals surface area contributed by atoms with Gasteiger partial charge in [0, 0.05) is 44.0 Å². The van der Waals surface area contributed by atoms with Crippen molar-refractivity contribution in [3.05, 3.63) is 63.1 Å². The molecule has 7 heteroatoms. The highest BCUT2D eigenvalue weighted by molar-refractivity contribution is 6.42. The molecular weight excluding hydrogens is 455 g/mol. The normalized spacial score (nSPS) is 22.3. The minimum absolute atomic E-state index is 0.0735. The van der Waals surface area contributed by atoms with Crippen molar-refractivity contribution in [3.8, 4) is 0 Å². The van der Waals surface area contributed by atoms with Crippen LogP contribution in [0.15, 0.2) is 36.4 Å². The lowest BCUT2D eigenvalue weighted by Crippen LogP contribution is -2.55. The number of carbonyl (C=O) groups is 1. The van der Waals surface area contributed by atoms with Crippen molar-refractivity contribution in [2.24, 2.45) is 0 Å². The Kier molecular flexibility index (Phi) is 8.31. The molecule has 2 aliphatic heterocycles. The Bertz CT molecular complexity index is 955. The molecule has 0 spiro atoms. The molecule has 2 N–H and O–H groups in total. The van der Waals surface area contributed by atoms with E-state index in [0.717, 1.165) is 62.4 Å². The van der Waals surface area contributed by atoms with Crippen LogP contribution in [-0.2, 0) is 11.2 Å². The summed E-state index contributed by atoms with van der Waals surface area (Å²) < 4.78 is 0. The summed E-state index contributed by atoms with van der Waals surface area (Å²) in [7, 11) is 0. The first-order valence-electron chi connectivity index (χ1n) is 11.9. The Labute approximate surface area is 207 Å². The number of carbonyl (C=O) groups excluding carboxylic acids is 1. The number of benzene rings is 2. The van der Waals surface area contributed by atoms with E-state index in [2.05, 4.69) is 26.5 Å². The first-order chi connectivity index (χ1) is 15.9. The van der Waals surface area contributed by atoms with E-state index in [4.69, 9.17) is 23.2 Å². The maximum Gasteiger partial charge on any atom is 0.238 e. The van der Waals surface area contributed by atoms with Gasteiger partial charge in [-0.2, -0.15) is 0 Å². The van der Waals surface area contributed by atoms with Gasteiger partial charge in [0.25, 0.3) is 0 Å². The zero-order valence-electron chi connectivity index (χ0n) is 19.5. The van der Waals surface area contributed by atoms with Crippen molar-refractivity contribution in [1.82, 2.24) is 15.1 Å². The molecule has 2 atom stereocenters. The molecule has 2 heterocycles. The van der Waals surface area contributed by atoms with Crippen molar-refractivity contribution in [1.29, 1.82) is 0 Å². The molecule has 5 nitrogen and oxygen atoms in total. The molecule has 0 saturated carbocycles. The molecule has 2 saturated heterocycles. The van der Waals surface area contributed by atoms with E-state index in [1.807, 2.05) is 44.2 Å². The second-order valence-corrected chi connectivity index (χ2v) is 10.2. The van der Waals surface area contributed by atoms with Gasteiger partial charge in [0.05, 0.1) is 16.6 Å². The standard InChI is InChI=1S/C26H34Cl2N4O/c1-18-4-3-5-19(2)26(18)30-25(33)17-31-10-12-32(13-11-31)22-8-9-29-21(16-22)14-20-6-7-23(27)24(28)15-20/h3-7,15,21-22,29H,8-14,16-17H2,1-2H3,(H,30,33)/t21-,22+/m1/s1. The second-order valence-electron chi connectivity index (χ2n) is 9.41. The number of rotatable bonds is 6. The summed E-state index contributed by atoms with van der Waals surface area (Å²) in [6.07, 6.45) is 3.27. The Morgan fingerprint density at radius 1 is 1.06 bits per heavy atom. The van der Waals surface area contributed by atoms with Crippen LogP contribution in [0.1, 0.15) is 29.5 Å². The summed E-state index contributed by atoms with van der Waals surface area (Å²) in [6, 6.07) is 13.1. The minimum Gasteiger partial charge on any atom is -0.324 e. The van der Waals surface area contributed by atoms with E-state index in [1.165, 1.54) is 12.0 Å². The lowest BCUT2D eigenvalue weighted by molar-refractivity contribution is -0.117. The van der Waals surface area contributed by atoms with Crippen LogP contribution in [-0.4, -0.2) is 67.1 Å². The van der Waals surface area contributed by atoms with Gasteiger partial charge in [-0.1, -0.05) is 47.5 Å². The molecule has 2 aromatic rings. The van der Waals surface area contributed by atoms with Crippen LogP contribution in [0.3, 0.4) is 0 Å². The van der Waals surface area contributed by atoms with Crippen LogP contribution in [0.25, 0.3) is 0 Å². The number of hydrogen-bond acceptors (Lipinski definition) is 4. The van der Waals surface area contributed by atoms with Crippen molar-refractivity contribution in [3.63, 3.8) is 0 Å². The molecule has 33 heavy (non-hydrogen) atoms. The summed E-state index contributed by atoms with van der Waals surface area (Å²) in [6.45, 7) is 9.46. The molecule has 0 bridgehead atoms. The van der Waals surface area contributed by atoms with Crippen LogP contribution in [0, 0.1) is 13.8 Å². The lowest BCUT2D eigenvalue weighted by atomic mass is 9.93. The number of nitrogens with one attached hydrogen (secondary N) is 2. The van der Waals surface area contributed by atoms with E-state index in [9.17, 15) is 4.79 Å². The summed E-state index contributed by atoms with van der Waals surface area (Å²) in [5.41, 5.74) is 4.38. The van der Waals surface area contributed by atoms with E-state index in [0.29, 0.717) is 28.7 Å². The van der Waals surface area contributed by atoms with E-state index >= 15 is 0 Å². The van der Waals surface area contributed by atoms with Crippen LogP contribution >= 0.6 is 23.2 Å². The summed E-state index contributed by atoms with van der Waals surface area (Å²) in [5, 5.41) is 8.02. The number of amides is 1. The van der Waals surface area contributed by atoms with E-state index < -0.39 is 0 Å². The maximum absolute atomic E-state index is 12.6. The quantitative estimate of drug-likeness (QED) is 0.626. The first kappa shape index (κ1) is 24.5. The predicted octanol–water partition coefficient (Wildman–Crippen LogP) is 4.53. The minimum atomic E-state index is 0.0735. The molecule has 2 aliphatic rings. The number of nitrogens with zero attached hydrogens (tertiary/aromatic N) is 2. The maximum atomic E-state index is 12.6. The number of piperazine rings is 1. The fraction of sp³-hybridized carbons (Fsp3) is 0.500. The number of aryl methyl sites for hydroxylation is 2. The largest absolute Gasteiger partial charge is 0.324 e. The number of anilines is 1. The summed E-state index contributed by atoms with van der Waals surface area (Å²) in [5.74, 6) is 0.0735. The SMILES string of the molecule is Cc1cccc(C)c1NC(=O)CN1CCN([C@H]2CCN[C@H](Cc3ccc(Cl)c(Cl)c3)C2)CC1. The molecule has 4 rings (SSSR count). The molecule has 2 fully saturated rings. The topological polar surface area (TPSA) is 47.6 Å². The highest BCUT2D eigenvalue weighted by atomic mass is 35.5. The van der Waals surface area contributed by atoms with Crippen molar-refractivity contribution < 1.29 is 4.79 Å². The van der Waals surface area contributed by atoms with Gasteiger partial charge in [-0.3, -0.25) is 14.6 Å². The smallest absolute Gasteiger partial charge is 0.238 e. The van der Waals surface area contributed by atoms with Crippen molar-refractivity contribution >= 4 is 34.8 Å². The predicted molar refractivity (Wildman–Crippen MR) is 138 cm³/mol. The monoisotopic (exact) mass is 488 g/mol. The average Bonchev–Trinajstić information content (AvgIpc) is 2.80. The third-order valence-electron chi connectivity index (χ3n) is 6.97. The fourth-order valence-corrected chi connectivity index (χ4v) is 5.42. The van der Waals surface area contributed by atoms with Gasteiger partial charge in [-0.05, 0) is 68.5 Å². The average molecular weight is 489 g/mol. The van der Waals surface area contributed by atoms with Crippen molar-refractivity contribution in [2.45, 2.75) is 45.2 Å². The molecule has 1 amide bonds. The number of piperidine rings is 1.